The molecule has 7 nitrogen and oxygen atoms in total. The summed E-state index contributed by atoms with van der Waals surface area (Å²) < 4.78 is 1.67. The number of rotatable bonds is 6. The third-order valence-corrected chi connectivity index (χ3v) is 5.14. The second-order valence-electron chi connectivity index (χ2n) is 7.06. The topological polar surface area (TPSA) is 75.9 Å². The van der Waals surface area contributed by atoms with E-state index in [9.17, 15) is 4.79 Å². The molecule has 1 fully saturated rings. The van der Waals surface area contributed by atoms with Crippen molar-refractivity contribution >= 4 is 5.91 Å². The van der Waals surface area contributed by atoms with E-state index >= 15 is 0 Å². The summed E-state index contributed by atoms with van der Waals surface area (Å²) in [5.41, 5.74) is 1.80. The number of aromatic nitrogens is 4. The molecule has 1 amide bonds. The summed E-state index contributed by atoms with van der Waals surface area (Å²) in [5, 5.41) is 10.5. The van der Waals surface area contributed by atoms with Crippen molar-refractivity contribution in [1.29, 1.82) is 0 Å². The van der Waals surface area contributed by atoms with Crippen LogP contribution in [0.5, 0.6) is 0 Å². The van der Waals surface area contributed by atoms with Gasteiger partial charge < -0.3 is 10.2 Å². The van der Waals surface area contributed by atoms with Crippen LogP contribution in [0, 0.1) is 0 Å². The highest BCUT2D eigenvalue weighted by Crippen LogP contribution is 2.26. The number of hydrogen-bond acceptors (Lipinski definition) is 5. The Morgan fingerprint density at radius 1 is 1.07 bits per heavy atom. The van der Waals surface area contributed by atoms with Gasteiger partial charge in [-0.1, -0.05) is 36.4 Å². The second kappa shape index (κ2) is 8.75. The number of carbonyl (C=O) groups excluding carboxylic acids is 1. The number of carbonyl (C=O) groups is 1. The Hall–Kier alpha value is -3.06. The van der Waals surface area contributed by atoms with Crippen molar-refractivity contribution in [3.8, 4) is 5.82 Å². The van der Waals surface area contributed by atoms with Gasteiger partial charge in [-0.15, -0.1) is 10.2 Å². The zero-order chi connectivity index (χ0) is 19.2. The molecule has 2 aromatic heterocycles. The largest absolute Gasteiger partial charge is 0.349 e. The molecule has 1 aliphatic heterocycles. The van der Waals surface area contributed by atoms with E-state index in [1.54, 1.807) is 23.3 Å². The molecule has 0 saturated carbocycles. The number of pyridine rings is 1. The summed E-state index contributed by atoms with van der Waals surface area (Å²) in [6, 6.07) is 16.0. The van der Waals surface area contributed by atoms with Crippen LogP contribution in [0.15, 0.2) is 61.2 Å². The minimum absolute atomic E-state index is 0.161. The number of amides is 1. The summed E-state index contributed by atoms with van der Waals surface area (Å²) in [6.07, 6.45) is 5.54. The van der Waals surface area contributed by atoms with Crippen molar-refractivity contribution in [3.63, 3.8) is 0 Å². The van der Waals surface area contributed by atoms with Gasteiger partial charge in [-0.05, 0) is 43.0 Å². The molecule has 1 atom stereocenters. The average Bonchev–Trinajstić information content (AvgIpc) is 3.30. The Kier molecular flexibility index (Phi) is 5.72. The Labute approximate surface area is 164 Å². The van der Waals surface area contributed by atoms with E-state index in [1.165, 1.54) is 18.4 Å². The van der Waals surface area contributed by atoms with E-state index in [1.807, 2.05) is 12.1 Å². The zero-order valence-corrected chi connectivity index (χ0v) is 15.7. The zero-order valence-electron chi connectivity index (χ0n) is 15.7. The van der Waals surface area contributed by atoms with Crippen molar-refractivity contribution < 1.29 is 4.79 Å². The Morgan fingerprint density at radius 2 is 1.89 bits per heavy atom. The van der Waals surface area contributed by atoms with Crippen molar-refractivity contribution in [3.05, 3.63) is 72.4 Å². The second-order valence-corrected chi connectivity index (χ2v) is 7.06. The molecule has 1 saturated heterocycles. The molecule has 1 aromatic carbocycles. The number of nitrogens with one attached hydrogen (secondary N) is 1. The molecule has 3 aromatic rings. The minimum Gasteiger partial charge on any atom is -0.349 e. The van der Waals surface area contributed by atoms with E-state index in [2.05, 4.69) is 55.7 Å². The predicted molar refractivity (Wildman–Crippen MR) is 106 cm³/mol. The number of benzene rings is 1. The van der Waals surface area contributed by atoms with Gasteiger partial charge in [-0.2, -0.15) is 0 Å². The van der Waals surface area contributed by atoms with Gasteiger partial charge in [0.05, 0.1) is 0 Å². The molecule has 0 spiro atoms. The van der Waals surface area contributed by atoms with Crippen LogP contribution < -0.4 is 5.32 Å². The van der Waals surface area contributed by atoms with Crippen LogP contribution in [0.3, 0.4) is 0 Å². The molecule has 0 aliphatic carbocycles. The lowest BCUT2D eigenvalue weighted by atomic mass is 9.91. The first-order valence-electron chi connectivity index (χ1n) is 9.67. The third-order valence-electron chi connectivity index (χ3n) is 5.14. The number of hydrogen-bond donors (Lipinski definition) is 1. The molecule has 1 aliphatic rings. The fourth-order valence-electron chi connectivity index (χ4n) is 3.69. The van der Waals surface area contributed by atoms with Crippen LogP contribution in [0.4, 0.5) is 0 Å². The van der Waals surface area contributed by atoms with Gasteiger partial charge in [0, 0.05) is 19.6 Å². The molecule has 144 valence electrons. The van der Waals surface area contributed by atoms with E-state index in [-0.39, 0.29) is 5.91 Å². The molecule has 1 N–H and O–H groups in total. The van der Waals surface area contributed by atoms with Gasteiger partial charge >= 0.3 is 0 Å². The molecular weight excluding hydrogens is 352 g/mol. The summed E-state index contributed by atoms with van der Waals surface area (Å²) in [7, 11) is 0. The first kappa shape index (κ1) is 18.3. The molecule has 0 unspecified atom stereocenters. The number of nitrogens with zero attached hydrogens (tertiary/aromatic N) is 5. The molecule has 4 rings (SSSR count). The lowest BCUT2D eigenvalue weighted by molar-refractivity contribution is 0.0940. The first-order valence-corrected chi connectivity index (χ1v) is 9.67. The maximum absolute atomic E-state index is 12.5. The van der Waals surface area contributed by atoms with Crippen molar-refractivity contribution in [2.45, 2.75) is 18.8 Å². The van der Waals surface area contributed by atoms with Crippen LogP contribution in [0.25, 0.3) is 5.82 Å². The van der Waals surface area contributed by atoms with Crippen LogP contribution >= 0.6 is 0 Å². The quantitative estimate of drug-likeness (QED) is 0.714. The lowest BCUT2D eigenvalue weighted by Crippen LogP contribution is -2.40. The first-order chi connectivity index (χ1) is 13.8. The van der Waals surface area contributed by atoms with Gasteiger partial charge in [-0.25, -0.2) is 4.98 Å². The SMILES string of the molecule is O=C(NCCN1CCC[C@H](c2ccccc2)C1)c1cccc(-n2cnnc2)n1. The summed E-state index contributed by atoms with van der Waals surface area (Å²) in [6.45, 7) is 3.58. The molecule has 0 radical (unpaired) electrons. The highest BCUT2D eigenvalue weighted by Gasteiger charge is 2.21. The Bertz CT molecular complexity index is 896. The summed E-state index contributed by atoms with van der Waals surface area (Å²) in [4.78, 5) is 19.3. The summed E-state index contributed by atoms with van der Waals surface area (Å²) in [5.74, 6) is 1.04. The Balaban J connectivity index is 1.29. The highest BCUT2D eigenvalue weighted by atomic mass is 16.1. The van der Waals surface area contributed by atoms with Crippen LogP contribution in [0.1, 0.15) is 34.8 Å². The van der Waals surface area contributed by atoms with Crippen molar-refractivity contribution in [1.82, 2.24) is 30.0 Å². The standard InChI is InChI=1S/C21H24N6O/c28-21(19-9-4-10-20(25-19)27-15-23-24-16-27)22-11-13-26-12-5-8-18(14-26)17-6-2-1-3-7-17/h1-4,6-7,9-10,15-16,18H,5,8,11-14H2,(H,22,28)/t18-/m0/s1. The van der Waals surface area contributed by atoms with Gasteiger partial charge in [0.2, 0.25) is 0 Å². The van der Waals surface area contributed by atoms with Gasteiger partial charge in [0.1, 0.15) is 24.2 Å². The number of likely N-dealkylation sites (tertiary alicyclic amines) is 1. The average molecular weight is 376 g/mol. The molecule has 0 bridgehead atoms. The van der Waals surface area contributed by atoms with Crippen molar-refractivity contribution in [2.75, 3.05) is 26.2 Å². The number of piperidine rings is 1. The minimum atomic E-state index is -0.161. The normalized spacial score (nSPS) is 17.4. The van der Waals surface area contributed by atoms with E-state index < -0.39 is 0 Å². The highest BCUT2D eigenvalue weighted by molar-refractivity contribution is 5.92. The van der Waals surface area contributed by atoms with Gasteiger partial charge in [0.15, 0.2) is 0 Å². The van der Waals surface area contributed by atoms with Crippen LogP contribution in [-0.2, 0) is 0 Å². The fourth-order valence-corrected chi connectivity index (χ4v) is 3.69. The van der Waals surface area contributed by atoms with Crippen LogP contribution in [0.2, 0.25) is 0 Å². The molecular formula is C21H24N6O. The molecule has 7 heteroatoms. The van der Waals surface area contributed by atoms with E-state index in [0.29, 0.717) is 24.0 Å². The van der Waals surface area contributed by atoms with E-state index in [0.717, 1.165) is 19.6 Å². The van der Waals surface area contributed by atoms with E-state index in [4.69, 9.17) is 0 Å². The molecule has 28 heavy (non-hydrogen) atoms. The van der Waals surface area contributed by atoms with Crippen LogP contribution in [-0.4, -0.2) is 56.7 Å². The smallest absolute Gasteiger partial charge is 0.270 e. The summed E-state index contributed by atoms with van der Waals surface area (Å²) >= 11 is 0. The predicted octanol–water partition coefficient (Wildman–Crippen LogP) is 2.27. The molecule has 3 heterocycles. The fraction of sp³-hybridized carbons (Fsp3) is 0.333. The van der Waals surface area contributed by atoms with Gasteiger partial charge in [0.25, 0.3) is 5.91 Å². The lowest BCUT2D eigenvalue weighted by Gasteiger charge is -2.33. The van der Waals surface area contributed by atoms with Crippen molar-refractivity contribution in [2.24, 2.45) is 0 Å². The maximum Gasteiger partial charge on any atom is 0.270 e. The van der Waals surface area contributed by atoms with Gasteiger partial charge in [-0.3, -0.25) is 9.36 Å². The monoisotopic (exact) mass is 376 g/mol. The maximum atomic E-state index is 12.5. The third kappa shape index (κ3) is 4.43. The Morgan fingerprint density at radius 3 is 2.71 bits per heavy atom.